The summed E-state index contributed by atoms with van der Waals surface area (Å²) in [5.41, 5.74) is 7.10. The molecule has 18 heavy (non-hydrogen) atoms. The standard InChI is InChI=1S/C13H18BrNO2S/c14-11-6-10(7-12(15)8-11)9-18(16,17)13-4-2-1-3-5-13/h6-8,13H,1-5,9,15H2. The Kier molecular flexibility index (Phi) is 4.33. The van der Waals surface area contributed by atoms with E-state index in [0.717, 1.165) is 42.1 Å². The van der Waals surface area contributed by atoms with Gasteiger partial charge in [-0.25, -0.2) is 8.42 Å². The number of rotatable bonds is 3. The molecule has 1 aliphatic carbocycles. The van der Waals surface area contributed by atoms with Crippen molar-refractivity contribution in [3.8, 4) is 0 Å². The summed E-state index contributed by atoms with van der Waals surface area (Å²) in [6, 6.07) is 5.35. The predicted octanol–water partition coefficient (Wildman–Crippen LogP) is 3.28. The molecule has 2 N–H and O–H groups in total. The van der Waals surface area contributed by atoms with E-state index in [-0.39, 0.29) is 11.0 Å². The first-order chi connectivity index (χ1) is 8.47. The van der Waals surface area contributed by atoms with E-state index in [4.69, 9.17) is 5.73 Å². The van der Waals surface area contributed by atoms with Gasteiger partial charge in [0.2, 0.25) is 0 Å². The molecule has 100 valence electrons. The molecule has 1 fully saturated rings. The molecule has 0 unspecified atom stereocenters. The summed E-state index contributed by atoms with van der Waals surface area (Å²) < 4.78 is 25.5. The van der Waals surface area contributed by atoms with Gasteiger partial charge in [0.15, 0.2) is 9.84 Å². The van der Waals surface area contributed by atoms with Crippen LogP contribution in [-0.4, -0.2) is 13.7 Å². The van der Waals surface area contributed by atoms with E-state index in [1.165, 1.54) is 0 Å². The van der Waals surface area contributed by atoms with Crippen LogP contribution in [0.5, 0.6) is 0 Å². The normalized spacial score (nSPS) is 17.8. The fourth-order valence-electron chi connectivity index (χ4n) is 2.53. The highest BCUT2D eigenvalue weighted by molar-refractivity contribution is 9.10. The first kappa shape index (κ1) is 13.9. The van der Waals surface area contributed by atoms with Crippen molar-refractivity contribution in [1.82, 2.24) is 0 Å². The van der Waals surface area contributed by atoms with Gasteiger partial charge in [0, 0.05) is 10.2 Å². The van der Waals surface area contributed by atoms with E-state index in [0.29, 0.717) is 5.69 Å². The topological polar surface area (TPSA) is 60.2 Å². The van der Waals surface area contributed by atoms with E-state index in [2.05, 4.69) is 15.9 Å². The van der Waals surface area contributed by atoms with Crippen LogP contribution < -0.4 is 5.73 Å². The van der Waals surface area contributed by atoms with Gasteiger partial charge in [-0.05, 0) is 36.6 Å². The lowest BCUT2D eigenvalue weighted by molar-refractivity contribution is 0.483. The van der Waals surface area contributed by atoms with E-state index >= 15 is 0 Å². The molecule has 0 saturated heterocycles. The number of sulfone groups is 1. The Balaban J connectivity index is 2.16. The summed E-state index contributed by atoms with van der Waals surface area (Å²) in [6.45, 7) is 0. The Bertz CT molecular complexity index is 502. The highest BCUT2D eigenvalue weighted by Crippen LogP contribution is 2.27. The monoisotopic (exact) mass is 331 g/mol. The Morgan fingerprint density at radius 2 is 1.83 bits per heavy atom. The number of benzene rings is 1. The summed E-state index contributed by atoms with van der Waals surface area (Å²) in [7, 11) is -3.05. The highest BCUT2D eigenvalue weighted by atomic mass is 79.9. The molecule has 0 bridgehead atoms. The van der Waals surface area contributed by atoms with E-state index in [9.17, 15) is 8.42 Å². The number of anilines is 1. The number of hydrogen-bond donors (Lipinski definition) is 1. The molecular formula is C13H18BrNO2S. The zero-order valence-corrected chi connectivity index (χ0v) is 12.6. The molecular weight excluding hydrogens is 314 g/mol. The smallest absolute Gasteiger partial charge is 0.157 e. The van der Waals surface area contributed by atoms with E-state index in [1.807, 2.05) is 6.07 Å². The van der Waals surface area contributed by atoms with Crippen molar-refractivity contribution in [2.45, 2.75) is 43.1 Å². The summed E-state index contributed by atoms with van der Waals surface area (Å²) in [6.07, 6.45) is 4.85. The largest absolute Gasteiger partial charge is 0.399 e. The second-order valence-electron chi connectivity index (χ2n) is 4.96. The summed E-state index contributed by atoms with van der Waals surface area (Å²) in [4.78, 5) is 0. The minimum absolute atomic E-state index is 0.0985. The average molecular weight is 332 g/mol. The highest BCUT2D eigenvalue weighted by Gasteiger charge is 2.27. The van der Waals surface area contributed by atoms with Crippen LogP contribution in [0.2, 0.25) is 0 Å². The van der Waals surface area contributed by atoms with Crippen LogP contribution in [0.3, 0.4) is 0 Å². The Morgan fingerprint density at radius 1 is 1.17 bits per heavy atom. The van der Waals surface area contributed by atoms with Crippen LogP contribution in [0.15, 0.2) is 22.7 Å². The van der Waals surface area contributed by atoms with Gasteiger partial charge >= 0.3 is 0 Å². The molecule has 3 nitrogen and oxygen atoms in total. The molecule has 1 saturated carbocycles. The van der Waals surface area contributed by atoms with Gasteiger partial charge in [0.1, 0.15) is 0 Å². The minimum atomic E-state index is -3.05. The van der Waals surface area contributed by atoms with Gasteiger partial charge < -0.3 is 5.73 Å². The first-order valence-electron chi connectivity index (χ1n) is 6.24. The van der Waals surface area contributed by atoms with E-state index in [1.54, 1.807) is 12.1 Å². The molecule has 1 aromatic rings. The molecule has 0 radical (unpaired) electrons. The van der Waals surface area contributed by atoms with Crippen LogP contribution in [0.1, 0.15) is 37.7 Å². The SMILES string of the molecule is Nc1cc(Br)cc(CS(=O)(=O)C2CCCCC2)c1. The lowest BCUT2D eigenvalue weighted by atomic mass is 10.0. The van der Waals surface area contributed by atoms with Gasteiger partial charge in [-0.3, -0.25) is 0 Å². The molecule has 5 heteroatoms. The van der Waals surface area contributed by atoms with Crippen molar-refractivity contribution in [3.63, 3.8) is 0 Å². The summed E-state index contributed by atoms with van der Waals surface area (Å²) in [5.74, 6) is 0.0985. The quantitative estimate of drug-likeness (QED) is 0.864. The molecule has 0 aliphatic heterocycles. The Morgan fingerprint density at radius 3 is 2.44 bits per heavy atom. The molecule has 0 amide bonds. The van der Waals surface area contributed by atoms with Crippen LogP contribution in [0.25, 0.3) is 0 Å². The number of nitrogens with two attached hydrogens (primary N) is 1. The van der Waals surface area contributed by atoms with Crippen molar-refractivity contribution in [3.05, 3.63) is 28.2 Å². The lowest BCUT2D eigenvalue weighted by Crippen LogP contribution is -2.25. The molecule has 0 spiro atoms. The minimum Gasteiger partial charge on any atom is -0.399 e. The molecule has 1 aliphatic rings. The van der Waals surface area contributed by atoms with Crippen molar-refractivity contribution >= 4 is 31.5 Å². The maximum atomic E-state index is 12.3. The van der Waals surface area contributed by atoms with Gasteiger partial charge in [0.25, 0.3) is 0 Å². The predicted molar refractivity (Wildman–Crippen MR) is 78.1 cm³/mol. The van der Waals surface area contributed by atoms with Crippen LogP contribution >= 0.6 is 15.9 Å². The van der Waals surface area contributed by atoms with E-state index < -0.39 is 9.84 Å². The summed E-state index contributed by atoms with van der Waals surface area (Å²) >= 11 is 3.34. The molecule has 0 heterocycles. The van der Waals surface area contributed by atoms with Crippen LogP contribution in [0, 0.1) is 0 Å². The van der Waals surface area contributed by atoms with Gasteiger partial charge in [-0.1, -0.05) is 35.2 Å². The molecule has 2 rings (SSSR count). The number of nitrogen functional groups attached to an aromatic ring is 1. The summed E-state index contributed by atoms with van der Waals surface area (Å²) in [5, 5.41) is -0.161. The van der Waals surface area contributed by atoms with Gasteiger partial charge in [0.05, 0.1) is 11.0 Å². The van der Waals surface area contributed by atoms with Crippen molar-refractivity contribution in [1.29, 1.82) is 0 Å². The van der Waals surface area contributed by atoms with Crippen LogP contribution in [0.4, 0.5) is 5.69 Å². The third-order valence-corrected chi connectivity index (χ3v) is 6.09. The van der Waals surface area contributed by atoms with Crippen molar-refractivity contribution in [2.75, 3.05) is 5.73 Å². The molecule has 0 aromatic heterocycles. The molecule has 1 aromatic carbocycles. The Labute approximate surface area is 117 Å². The number of hydrogen-bond acceptors (Lipinski definition) is 3. The molecule has 0 atom stereocenters. The van der Waals surface area contributed by atoms with Crippen molar-refractivity contribution < 1.29 is 8.42 Å². The zero-order valence-electron chi connectivity index (χ0n) is 10.2. The average Bonchev–Trinajstić information content (AvgIpc) is 2.28. The first-order valence-corrected chi connectivity index (χ1v) is 8.75. The van der Waals surface area contributed by atoms with Crippen LogP contribution in [-0.2, 0) is 15.6 Å². The maximum Gasteiger partial charge on any atom is 0.157 e. The van der Waals surface area contributed by atoms with Gasteiger partial charge in [-0.15, -0.1) is 0 Å². The van der Waals surface area contributed by atoms with Crippen molar-refractivity contribution in [2.24, 2.45) is 0 Å². The van der Waals surface area contributed by atoms with Gasteiger partial charge in [-0.2, -0.15) is 0 Å². The second-order valence-corrected chi connectivity index (χ2v) is 8.16. The maximum absolute atomic E-state index is 12.3. The number of halogens is 1. The third kappa shape index (κ3) is 3.48. The second kappa shape index (κ2) is 5.61. The fourth-order valence-corrected chi connectivity index (χ4v) is 5.01. The fraction of sp³-hybridized carbons (Fsp3) is 0.538. The Hall–Kier alpha value is -0.550. The lowest BCUT2D eigenvalue weighted by Gasteiger charge is -2.21. The third-order valence-electron chi connectivity index (χ3n) is 3.41. The zero-order chi connectivity index (χ0) is 13.2.